The van der Waals surface area contributed by atoms with Crippen LogP contribution in [0.1, 0.15) is 11.1 Å². The highest BCUT2D eigenvalue weighted by Crippen LogP contribution is 2.31. The van der Waals surface area contributed by atoms with E-state index >= 15 is 0 Å². The molecule has 3 rings (SSSR count). The van der Waals surface area contributed by atoms with E-state index in [2.05, 4.69) is 0 Å². The van der Waals surface area contributed by atoms with Crippen LogP contribution in [0, 0.1) is 5.82 Å². The molecule has 2 N–H and O–H groups in total. The number of fused-ring (bicyclic) bond motifs is 1. The Hall–Kier alpha value is -2.50. The quantitative estimate of drug-likeness (QED) is 0.551. The number of benzene rings is 2. The molecule has 0 aliphatic heterocycles. The van der Waals surface area contributed by atoms with Crippen molar-refractivity contribution in [2.45, 2.75) is 12.7 Å². The van der Waals surface area contributed by atoms with Crippen LogP contribution in [-0.4, -0.2) is 4.57 Å². The number of anilines is 1. The minimum Gasteiger partial charge on any atom is -0.399 e. The first kappa shape index (κ1) is 14.4. The van der Waals surface area contributed by atoms with E-state index in [1.165, 1.54) is 0 Å². The lowest BCUT2D eigenvalue weighted by Crippen LogP contribution is -2.08. The average Bonchev–Trinajstić information content (AvgIpc) is 2.82. The highest BCUT2D eigenvalue weighted by Gasteiger charge is 2.31. The van der Waals surface area contributed by atoms with Gasteiger partial charge < -0.3 is 10.3 Å². The predicted molar refractivity (Wildman–Crippen MR) is 76.9 cm³/mol. The molecule has 22 heavy (non-hydrogen) atoms. The second-order valence-corrected chi connectivity index (χ2v) is 5.07. The fraction of sp³-hybridized carbons (Fsp3) is 0.125. The summed E-state index contributed by atoms with van der Waals surface area (Å²) in [4.78, 5) is 0. The number of hydrogen-bond donors (Lipinski definition) is 1. The fourth-order valence-corrected chi connectivity index (χ4v) is 2.41. The Morgan fingerprint density at radius 2 is 1.77 bits per heavy atom. The van der Waals surface area contributed by atoms with Gasteiger partial charge in [-0.05, 0) is 42.5 Å². The molecule has 0 saturated carbocycles. The summed E-state index contributed by atoms with van der Waals surface area (Å²) < 4.78 is 53.7. The Balaban J connectivity index is 2.01. The summed E-state index contributed by atoms with van der Waals surface area (Å²) in [5.41, 5.74) is 6.19. The van der Waals surface area contributed by atoms with Gasteiger partial charge in [-0.2, -0.15) is 13.2 Å². The van der Waals surface area contributed by atoms with Crippen LogP contribution >= 0.6 is 0 Å². The Morgan fingerprint density at radius 1 is 1.00 bits per heavy atom. The minimum absolute atomic E-state index is 0.0100. The topological polar surface area (TPSA) is 30.9 Å². The highest BCUT2D eigenvalue weighted by molar-refractivity contribution is 5.83. The summed E-state index contributed by atoms with van der Waals surface area (Å²) in [7, 11) is 0. The van der Waals surface area contributed by atoms with Crippen LogP contribution in [0.15, 0.2) is 48.7 Å². The molecule has 0 spiro atoms. The molecule has 0 aliphatic carbocycles. The Bertz CT molecular complexity index is 834. The molecule has 0 aliphatic rings. The third-order valence-electron chi connectivity index (χ3n) is 3.51. The zero-order chi connectivity index (χ0) is 15.9. The molecular weight excluding hydrogens is 296 g/mol. The smallest absolute Gasteiger partial charge is 0.399 e. The lowest BCUT2D eigenvalue weighted by molar-refractivity contribution is -0.137. The number of alkyl halides is 3. The third-order valence-corrected chi connectivity index (χ3v) is 3.51. The number of halogens is 4. The van der Waals surface area contributed by atoms with Crippen molar-refractivity contribution >= 4 is 16.6 Å². The molecule has 0 fully saturated rings. The number of hydrogen-bond acceptors (Lipinski definition) is 1. The number of aromatic nitrogens is 1. The van der Waals surface area contributed by atoms with Gasteiger partial charge in [0.1, 0.15) is 5.82 Å². The van der Waals surface area contributed by atoms with Crippen LogP contribution in [0.25, 0.3) is 10.9 Å². The van der Waals surface area contributed by atoms with Crippen molar-refractivity contribution in [2.75, 3.05) is 5.73 Å². The van der Waals surface area contributed by atoms with E-state index in [0.717, 1.165) is 29.1 Å². The maximum atomic E-state index is 13.8. The van der Waals surface area contributed by atoms with E-state index in [1.54, 1.807) is 35.0 Å². The number of rotatable bonds is 2. The van der Waals surface area contributed by atoms with Gasteiger partial charge in [-0.3, -0.25) is 0 Å². The molecule has 0 amide bonds. The van der Waals surface area contributed by atoms with Gasteiger partial charge in [0.2, 0.25) is 0 Å². The molecular formula is C16H12F4N2. The normalized spacial score (nSPS) is 12.0. The zero-order valence-electron chi connectivity index (χ0n) is 11.4. The molecule has 3 aromatic rings. The average molecular weight is 308 g/mol. The lowest BCUT2D eigenvalue weighted by atomic mass is 10.1. The van der Waals surface area contributed by atoms with E-state index < -0.39 is 17.6 Å². The van der Waals surface area contributed by atoms with E-state index in [1.807, 2.05) is 0 Å². The molecule has 0 radical (unpaired) electrons. The Labute approximate surface area is 123 Å². The maximum Gasteiger partial charge on any atom is 0.416 e. The van der Waals surface area contributed by atoms with Crippen LogP contribution in [0.3, 0.4) is 0 Å². The summed E-state index contributed by atoms with van der Waals surface area (Å²) in [5, 5.41) is 0.854. The van der Waals surface area contributed by atoms with Crippen LogP contribution in [0.2, 0.25) is 0 Å². The first-order chi connectivity index (χ1) is 10.3. The molecule has 0 unspecified atom stereocenters. The summed E-state index contributed by atoms with van der Waals surface area (Å²) in [5.74, 6) is -0.662. The number of nitrogens with zero attached hydrogens (tertiary/aromatic N) is 1. The van der Waals surface area contributed by atoms with Crippen molar-refractivity contribution in [2.24, 2.45) is 0 Å². The second kappa shape index (κ2) is 5.05. The molecule has 2 aromatic carbocycles. The fourth-order valence-electron chi connectivity index (χ4n) is 2.41. The van der Waals surface area contributed by atoms with Crippen molar-refractivity contribution in [3.63, 3.8) is 0 Å². The minimum atomic E-state index is -4.49. The largest absolute Gasteiger partial charge is 0.416 e. The van der Waals surface area contributed by atoms with Crippen molar-refractivity contribution in [1.29, 1.82) is 0 Å². The van der Waals surface area contributed by atoms with E-state index in [0.29, 0.717) is 5.69 Å². The number of nitrogens with two attached hydrogens (primary N) is 1. The van der Waals surface area contributed by atoms with Gasteiger partial charge in [0.25, 0.3) is 0 Å². The Morgan fingerprint density at radius 3 is 2.50 bits per heavy atom. The molecule has 114 valence electrons. The third kappa shape index (κ3) is 2.64. The maximum absolute atomic E-state index is 13.8. The van der Waals surface area contributed by atoms with Crippen LogP contribution in [0.5, 0.6) is 0 Å². The number of nitrogen functional groups attached to an aromatic ring is 1. The van der Waals surface area contributed by atoms with E-state index in [9.17, 15) is 17.6 Å². The summed E-state index contributed by atoms with van der Waals surface area (Å²) in [6, 6.07) is 9.44. The lowest BCUT2D eigenvalue weighted by Gasteiger charge is -2.11. The van der Waals surface area contributed by atoms with Crippen LogP contribution in [-0.2, 0) is 12.7 Å². The van der Waals surface area contributed by atoms with E-state index in [-0.39, 0.29) is 12.1 Å². The molecule has 0 atom stereocenters. The summed E-state index contributed by atoms with van der Waals surface area (Å²) in [6.07, 6.45) is -2.79. The molecule has 2 nitrogen and oxygen atoms in total. The van der Waals surface area contributed by atoms with Crippen molar-refractivity contribution in [1.82, 2.24) is 4.57 Å². The molecule has 0 saturated heterocycles. The van der Waals surface area contributed by atoms with Crippen molar-refractivity contribution < 1.29 is 17.6 Å². The first-order valence-electron chi connectivity index (χ1n) is 6.54. The standard InChI is InChI=1S/C16H12F4N2/c17-14-3-1-12(16(18,19)20)7-11(14)9-22-6-5-10-8-13(21)2-4-15(10)22/h1-8H,9,21H2. The zero-order valence-corrected chi connectivity index (χ0v) is 11.4. The van der Waals surface area contributed by atoms with Gasteiger partial charge in [-0.25, -0.2) is 4.39 Å². The van der Waals surface area contributed by atoms with E-state index in [4.69, 9.17) is 5.73 Å². The van der Waals surface area contributed by atoms with Crippen molar-refractivity contribution in [3.8, 4) is 0 Å². The first-order valence-corrected chi connectivity index (χ1v) is 6.54. The molecule has 1 aromatic heterocycles. The van der Waals surface area contributed by atoms with Gasteiger partial charge in [-0.1, -0.05) is 0 Å². The van der Waals surface area contributed by atoms with Gasteiger partial charge in [0.15, 0.2) is 0 Å². The van der Waals surface area contributed by atoms with Gasteiger partial charge in [0, 0.05) is 28.4 Å². The van der Waals surface area contributed by atoms with Gasteiger partial charge >= 0.3 is 6.18 Å². The molecule has 1 heterocycles. The van der Waals surface area contributed by atoms with Crippen LogP contribution in [0.4, 0.5) is 23.2 Å². The SMILES string of the molecule is Nc1ccc2c(ccn2Cc2cc(C(F)(F)F)ccc2F)c1. The second-order valence-electron chi connectivity index (χ2n) is 5.07. The summed E-state index contributed by atoms with van der Waals surface area (Å²) >= 11 is 0. The highest BCUT2D eigenvalue weighted by atomic mass is 19.4. The van der Waals surface area contributed by atoms with Crippen molar-refractivity contribution in [3.05, 3.63) is 65.6 Å². The van der Waals surface area contributed by atoms with Gasteiger partial charge in [0.05, 0.1) is 12.1 Å². The monoisotopic (exact) mass is 308 g/mol. The predicted octanol–water partition coefficient (Wildman–Crippen LogP) is 4.43. The van der Waals surface area contributed by atoms with Gasteiger partial charge in [-0.15, -0.1) is 0 Å². The summed E-state index contributed by atoms with van der Waals surface area (Å²) in [6.45, 7) is 0.0170. The molecule has 6 heteroatoms. The van der Waals surface area contributed by atoms with Crippen LogP contribution < -0.4 is 5.73 Å². The Kier molecular flexibility index (Phi) is 3.31. The molecule has 0 bridgehead atoms.